The summed E-state index contributed by atoms with van der Waals surface area (Å²) in [5, 5.41) is 0. The van der Waals surface area contributed by atoms with E-state index < -0.39 is 0 Å². The van der Waals surface area contributed by atoms with Crippen molar-refractivity contribution in [3.63, 3.8) is 0 Å². The zero-order chi connectivity index (χ0) is 13.2. The predicted molar refractivity (Wildman–Crippen MR) is 72.0 cm³/mol. The second kappa shape index (κ2) is 5.11. The van der Waals surface area contributed by atoms with Gasteiger partial charge in [-0.05, 0) is 48.6 Å². The van der Waals surface area contributed by atoms with Gasteiger partial charge in [0.25, 0.3) is 0 Å². The molecule has 1 aromatic carbocycles. The van der Waals surface area contributed by atoms with Crippen LogP contribution in [0.5, 0.6) is 5.75 Å². The van der Waals surface area contributed by atoms with E-state index in [4.69, 9.17) is 10.5 Å². The number of carbonyl (C=O) groups excluding carboxylic acids is 1. The van der Waals surface area contributed by atoms with Gasteiger partial charge in [-0.2, -0.15) is 0 Å². The quantitative estimate of drug-likeness (QED) is 0.832. The largest absolute Gasteiger partial charge is 0.493 e. The molecule has 1 aliphatic rings. The van der Waals surface area contributed by atoms with Gasteiger partial charge in [-0.1, -0.05) is 13.8 Å². The molecule has 0 aliphatic carbocycles. The number of aryl methyl sites for hydroxylation is 1. The maximum atomic E-state index is 12.2. The number of Topliss-reactive ketones (excluding diaryl/α,β-unsaturated/α-hetero) is 1. The lowest BCUT2D eigenvalue weighted by molar-refractivity contribution is 0.0934. The maximum absolute atomic E-state index is 12.2. The third-order valence-corrected chi connectivity index (χ3v) is 3.42. The van der Waals surface area contributed by atoms with Crippen LogP contribution >= 0.6 is 0 Å². The van der Waals surface area contributed by atoms with Crippen LogP contribution in [0.25, 0.3) is 0 Å². The maximum Gasteiger partial charge on any atom is 0.163 e. The van der Waals surface area contributed by atoms with Crippen LogP contribution in [-0.2, 0) is 6.42 Å². The van der Waals surface area contributed by atoms with Crippen LogP contribution in [-0.4, -0.2) is 18.9 Å². The molecule has 98 valence electrons. The number of hydrogen-bond acceptors (Lipinski definition) is 3. The highest BCUT2D eigenvalue weighted by atomic mass is 16.5. The van der Waals surface area contributed by atoms with Crippen molar-refractivity contribution < 1.29 is 9.53 Å². The Morgan fingerprint density at radius 3 is 2.94 bits per heavy atom. The summed E-state index contributed by atoms with van der Waals surface area (Å²) in [5.41, 5.74) is 7.46. The third-order valence-electron chi connectivity index (χ3n) is 3.42. The standard InChI is InChI=1S/C15H21NO2/c1-15(2,10-16)9-13(17)11-5-6-14-12(8-11)4-3-7-18-14/h5-6,8H,3-4,7,9-10,16H2,1-2H3. The molecule has 2 rings (SSSR count). The lowest BCUT2D eigenvalue weighted by Crippen LogP contribution is -2.26. The SMILES string of the molecule is CC(C)(CN)CC(=O)c1ccc2c(c1)CCCO2. The molecule has 0 spiro atoms. The van der Waals surface area contributed by atoms with Gasteiger partial charge in [0, 0.05) is 12.0 Å². The van der Waals surface area contributed by atoms with Crippen LogP contribution in [0, 0.1) is 5.41 Å². The molecule has 1 aromatic rings. The van der Waals surface area contributed by atoms with Crippen LogP contribution in [0.3, 0.4) is 0 Å². The molecule has 0 saturated carbocycles. The Balaban J connectivity index is 2.16. The molecule has 2 N–H and O–H groups in total. The molecule has 0 aromatic heterocycles. The Morgan fingerprint density at radius 1 is 1.44 bits per heavy atom. The van der Waals surface area contributed by atoms with Crippen molar-refractivity contribution in [3.05, 3.63) is 29.3 Å². The van der Waals surface area contributed by atoms with Crippen molar-refractivity contribution in [1.29, 1.82) is 0 Å². The van der Waals surface area contributed by atoms with E-state index >= 15 is 0 Å². The smallest absolute Gasteiger partial charge is 0.163 e. The van der Waals surface area contributed by atoms with Gasteiger partial charge in [0.2, 0.25) is 0 Å². The van der Waals surface area contributed by atoms with E-state index in [0.29, 0.717) is 13.0 Å². The van der Waals surface area contributed by atoms with Crippen molar-refractivity contribution in [2.24, 2.45) is 11.1 Å². The van der Waals surface area contributed by atoms with Crippen molar-refractivity contribution >= 4 is 5.78 Å². The molecule has 18 heavy (non-hydrogen) atoms. The molecule has 0 unspecified atom stereocenters. The number of hydrogen-bond donors (Lipinski definition) is 1. The van der Waals surface area contributed by atoms with Crippen LogP contribution in [0.1, 0.15) is 42.6 Å². The fraction of sp³-hybridized carbons (Fsp3) is 0.533. The normalized spacial score (nSPS) is 14.8. The van der Waals surface area contributed by atoms with Crippen molar-refractivity contribution in [1.82, 2.24) is 0 Å². The van der Waals surface area contributed by atoms with E-state index in [-0.39, 0.29) is 11.2 Å². The number of nitrogens with two attached hydrogens (primary N) is 1. The van der Waals surface area contributed by atoms with E-state index in [2.05, 4.69) is 0 Å². The van der Waals surface area contributed by atoms with Crippen LogP contribution in [0.4, 0.5) is 0 Å². The number of rotatable bonds is 4. The van der Waals surface area contributed by atoms with E-state index in [0.717, 1.165) is 36.3 Å². The van der Waals surface area contributed by atoms with Gasteiger partial charge in [-0.25, -0.2) is 0 Å². The first-order valence-corrected chi connectivity index (χ1v) is 6.51. The van der Waals surface area contributed by atoms with Gasteiger partial charge in [0.1, 0.15) is 5.75 Å². The van der Waals surface area contributed by atoms with Gasteiger partial charge >= 0.3 is 0 Å². The molecule has 1 aliphatic heterocycles. The van der Waals surface area contributed by atoms with Crippen molar-refractivity contribution in [2.45, 2.75) is 33.1 Å². The summed E-state index contributed by atoms with van der Waals surface area (Å²) in [7, 11) is 0. The Labute approximate surface area is 108 Å². The average Bonchev–Trinajstić information content (AvgIpc) is 2.37. The lowest BCUT2D eigenvalue weighted by Gasteiger charge is -2.22. The van der Waals surface area contributed by atoms with Crippen LogP contribution in [0.2, 0.25) is 0 Å². The molecule has 0 bridgehead atoms. The van der Waals surface area contributed by atoms with Crippen LogP contribution in [0.15, 0.2) is 18.2 Å². The summed E-state index contributed by atoms with van der Waals surface area (Å²) < 4.78 is 5.55. The number of carbonyl (C=O) groups is 1. The fourth-order valence-electron chi connectivity index (χ4n) is 2.14. The monoisotopic (exact) mass is 247 g/mol. The van der Waals surface area contributed by atoms with Gasteiger partial charge in [-0.3, -0.25) is 4.79 Å². The first-order chi connectivity index (χ1) is 8.52. The molecule has 0 saturated heterocycles. The van der Waals surface area contributed by atoms with Crippen LogP contribution < -0.4 is 10.5 Å². The Morgan fingerprint density at radius 2 is 2.22 bits per heavy atom. The topological polar surface area (TPSA) is 52.3 Å². The molecular formula is C15H21NO2. The highest BCUT2D eigenvalue weighted by Gasteiger charge is 2.22. The molecule has 3 heteroatoms. The van der Waals surface area contributed by atoms with Gasteiger partial charge in [-0.15, -0.1) is 0 Å². The summed E-state index contributed by atoms with van der Waals surface area (Å²) >= 11 is 0. The summed E-state index contributed by atoms with van der Waals surface area (Å²) in [6.07, 6.45) is 2.51. The second-order valence-electron chi connectivity index (χ2n) is 5.74. The van der Waals surface area contributed by atoms with Crippen molar-refractivity contribution in [2.75, 3.05) is 13.2 Å². The molecule has 1 heterocycles. The fourth-order valence-corrected chi connectivity index (χ4v) is 2.14. The second-order valence-corrected chi connectivity index (χ2v) is 5.74. The zero-order valence-electron chi connectivity index (χ0n) is 11.2. The van der Waals surface area contributed by atoms with Gasteiger partial charge in [0.05, 0.1) is 6.61 Å². The Hall–Kier alpha value is -1.35. The molecule has 0 amide bonds. The summed E-state index contributed by atoms with van der Waals surface area (Å²) in [5.74, 6) is 1.09. The minimum absolute atomic E-state index is 0.135. The Bertz CT molecular complexity index is 452. The summed E-state index contributed by atoms with van der Waals surface area (Å²) in [6, 6.07) is 5.75. The first kappa shape index (κ1) is 13.1. The minimum atomic E-state index is -0.135. The number of ether oxygens (including phenoxy) is 1. The molecular weight excluding hydrogens is 226 g/mol. The lowest BCUT2D eigenvalue weighted by atomic mass is 9.85. The molecule has 0 atom stereocenters. The number of ketones is 1. The minimum Gasteiger partial charge on any atom is -0.493 e. The van der Waals surface area contributed by atoms with E-state index in [1.807, 2.05) is 32.0 Å². The van der Waals surface area contributed by atoms with Gasteiger partial charge in [0.15, 0.2) is 5.78 Å². The van der Waals surface area contributed by atoms with E-state index in [9.17, 15) is 4.79 Å². The van der Waals surface area contributed by atoms with E-state index in [1.165, 1.54) is 0 Å². The molecule has 3 nitrogen and oxygen atoms in total. The summed E-state index contributed by atoms with van der Waals surface area (Å²) in [6.45, 7) is 5.34. The molecule has 0 fully saturated rings. The zero-order valence-corrected chi connectivity index (χ0v) is 11.2. The third kappa shape index (κ3) is 2.91. The highest BCUT2D eigenvalue weighted by molar-refractivity contribution is 5.96. The summed E-state index contributed by atoms with van der Waals surface area (Å²) in [4.78, 5) is 12.2. The highest BCUT2D eigenvalue weighted by Crippen LogP contribution is 2.27. The van der Waals surface area contributed by atoms with Gasteiger partial charge < -0.3 is 10.5 Å². The predicted octanol–water partition coefficient (Wildman–Crippen LogP) is 2.57. The first-order valence-electron chi connectivity index (χ1n) is 6.51. The Kier molecular flexibility index (Phi) is 3.71. The number of fused-ring (bicyclic) bond motifs is 1. The van der Waals surface area contributed by atoms with Crippen molar-refractivity contribution in [3.8, 4) is 5.75 Å². The molecule has 0 radical (unpaired) electrons. The average molecular weight is 247 g/mol. The number of benzene rings is 1. The van der Waals surface area contributed by atoms with E-state index in [1.54, 1.807) is 0 Å².